The fourth-order valence-corrected chi connectivity index (χ4v) is 12.3. The van der Waals surface area contributed by atoms with E-state index < -0.39 is 20.0 Å². The Hall–Kier alpha value is -0.760. The van der Waals surface area contributed by atoms with E-state index in [2.05, 4.69) is 31.3 Å². The SMILES string of the molecule is CCCCCCCCCCCCCCCCCCCC/C=C\CCCCCCCCCCCCCCCCCCCC(=O)NC(COP(=O)([O-])OCC[N+](C)(C)C)C(O)CCCCCCCCCCCCCCCCCCCCCC. The van der Waals surface area contributed by atoms with Crippen LogP contribution in [0.3, 0.4) is 0 Å². The lowest BCUT2D eigenvalue weighted by Gasteiger charge is -2.30. The van der Waals surface area contributed by atoms with Gasteiger partial charge in [-0.05, 0) is 38.5 Å². The molecule has 9 heteroatoms. The Morgan fingerprint density at radius 2 is 0.679 bits per heavy atom. The molecule has 3 atom stereocenters. The summed E-state index contributed by atoms with van der Waals surface area (Å²) < 4.78 is 23.5. The molecule has 3 unspecified atom stereocenters. The minimum absolute atomic E-state index is 0.0157. The molecule has 0 fully saturated rings. The van der Waals surface area contributed by atoms with Gasteiger partial charge in [0.05, 0.1) is 39.9 Å². The number of nitrogens with zero attached hydrogens (tertiary/aromatic N) is 1. The van der Waals surface area contributed by atoms with Crippen LogP contribution in [0.4, 0.5) is 0 Å². The van der Waals surface area contributed by atoms with Gasteiger partial charge < -0.3 is 28.8 Å². The summed E-state index contributed by atoms with van der Waals surface area (Å²) in [5.74, 6) is -0.156. The van der Waals surface area contributed by atoms with E-state index in [1.165, 1.54) is 327 Å². The van der Waals surface area contributed by atoms with E-state index in [4.69, 9.17) is 9.05 Å². The van der Waals surface area contributed by atoms with Crippen LogP contribution < -0.4 is 10.2 Å². The Balaban J connectivity index is 3.88. The first-order valence-electron chi connectivity index (χ1n) is 36.5. The van der Waals surface area contributed by atoms with E-state index in [1.807, 2.05) is 21.1 Å². The van der Waals surface area contributed by atoms with Crippen molar-refractivity contribution in [1.82, 2.24) is 5.32 Å². The molecule has 0 aromatic heterocycles. The highest BCUT2D eigenvalue weighted by molar-refractivity contribution is 7.45. The number of aliphatic hydroxyl groups excluding tert-OH is 1. The number of carbonyl (C=O) groups is 1. The second-order valence-corrected chi connectivity index (χ2v) is 28.1. The Labute approximate surface area is 507 Å². The van der Waals surface area contributed by atoms with Gasteiger partial charge >= 0.3 is 0 Å². The third-order valence-corrected chi connectivity index (χ3v) is 18.2. The van der Waals surface area contributed by atoms with Crippen molar-refractivity contribution in [2.24, 2.45) is 0 Å². The molecule has 0 saturated heterocycles. The average Bonchev–Trinajstić information content (AvgIpc) is 3.43. The zero-order chi connectivity index (χ0) is 59.1. The van der Waals surface area contributed by atoms with E-state index in [0.29, 0.717) is 23.9 Å². The van der Waals surface area contributed by atoms with E-state index in [1.54, 1.807) is 0 Å². The summed E-state index contributed by atoms with van der Waals surface area (Å²) in [7, 11) is 1.33. The van der Waals surface area contributed by atoms with E-state index >= 15 is 0 Å². The first-order chi connectivity index (χ1) is 39.5. The number of nitrogens with one attached hydrogen (secondary N) is 1. The molecule has 0 aliphatic heterocycles. The monoisotopic (exact) mass is 1170 g/mol. The van der Waals surface area contributed by atoms with Crippen LogP contribution in [-0.4, -0.2) is 68.5 Å². The number of carbonyl (C=O) groups excluding carboxylic acids is 1. The quantitative estimate of drug-likeness (QED) is 0.0272. The highest BCUT2D eigenvalue weighted by Crippen LogP contribution is 2.38. The minimum atomic E-state index is -4.58. The van der Waals surface area contributed by atoms with Gasteiger partial charge in [-0.2, -0.15) is 0 Å². The Kier molecular flexibility index (Phi) is 63.1. The van der Waals surface area contributed by atoms with Gasteiger partial charge in [0, 0.05) is 6.42 Å². The van der Waals surface area contributed by atoms with Crippen LogP contribution in [0.2, 0.25) is 0 Å². The molecule has 0 saturated carbocycles. The fourth-order valence-electron chi connectivity index (χ4n) is 11.6. The molecule has 0 bridgehead atoms. The lowest BCUT2D eigenvalue weighted by atomic mass is 10.0. The number of aliphatic hydroxyl groups is 1. The maximum Gasteiger partial charge on any atom is 0.268 e. The van der Waals surface area contributed by atoms with Crippen molar-refractivity contribution in [3.63, 3.8) is 0 Å². The number of unbranched alkanes of at least 4 members (excludes halogenated alkanes) is 54. The topological polar surface area (TPSA) is 108 Å². The summed E-state index contributed by atoms with van der Waals surface area (Å²) in [4.78, 5) is 25.7. The van der Waals surface area contributed by atoms with Crippen molar-refractivity contribution in [3.8, 4) is 0 Å². The summed E-state index contributed by atoms with van der Waals surface area (Å²) in [6.45, 7) is 4.79. The van der Waals surface area contributed by atoms with Crippen molar-refractivity contribution < 1.29 is 32.9 Å². The van der Waals surface area contributed by atoms with Crippen molar-refractivity contribution in [2.75, 3.05) is 40.9 Å². The van der Waals surface area contributed by atoms with Crippen molar-refractivity contribution in [1.29, 1.82) is 0 Å². The predicted molar refractivity (Wildman–Crippen MR) is 353 cm³/mol. The molecular formula is C72H145N2O6P. The Morgan fingerprint density at radius 1 is 0.420 bits per heavy atom. The number of hydrogen-bond acceptors (Lipinski definition) is 6. The van der Waals surface area contributed by atoms with Gasteiger partial charge in [-0.15, -0.1) is 0 Å². The number of amides is 1. The number of quaternary nitrogens is 1. The van der Waals surface area contributed by atoms with Gasteiger partial charge in [-0.25, -0.2) is 0 Å². The third-order valence-electron chi connectivity index (χ3n) is 17.3. The van der Waals surface area contributed by atoms with E-state index in [-0.39, 0.29) is 19.1 Å². The number of rotatable bonds is 69. The number of allylic oxidation sites excluding steroid dienone is 2. The summed E-state index contributed by atoms with van der Waals surface area (Å²) in [5, 5.41) is 14.1. The first kappa shape index (κ1) is 80.2. The van der Waals surface area contributed by atoms with Crippen LogP contribution >= 0.6 is 7.82 Å². The number of phosphoric ester groups is 1. The number of phosphoric acid groups is 1. The highest BCUT2D eigenvalue weighted by Gasteiger charge is 2.24. The molecule has 484 valence electrons. The molecule has 0 heterocycles. The largest absolute Gasteiger partial charge is 0.756 e. The van der Waals surface area contributed by atoms with Crippen LogP contribution in [0, 0.1) is 0 Å². The normalized spacial score (nSPS) is 13.6. The number of likely N-dealkylation sites (N-methyl/N-ethyl adjacent to an activating group) is 1. The lowest BCUT2D eigenvalue weighted by molar-refractivity contribution is -0.870. The van der Waals surface area contributed by atoms with Gasteiger partial charge in [-0.1, -0.05) is 360 Å². The molecule has 0 aromatic rings. The van der Waals surface area contributed by atoms with Crippen LogP contribution in [0.15, 0.2) is 12.2 Å². The molecule has 8 nitrogen and oxygen atoms in total. The van der Waals surface area contributed by atoms with E-state index in [0.717, 1.165) is 38.5 Å². The van der Waals surface area contributed by atoms with Crippen LogP contribution in [0.1, 0.15) is 393 Å². The summed E-state index contributed by atoms with van der Waals surface area (Å²) in [6, 6.07) is -0.798. The second-order valence-electron chi connectivity index (χ2n) is 26.7. The standard InChI is InChI=1S/C72H145N2O6P/c1-6-8-10-12-14-16-18-20-22-24-26-28-29-30-31-32-33-34-35-36-37-38-39-40-41-42-43-44-45-46-48-50-52-54-56-58-60-62-64-66-72(76)73-70(69-80-81(77,78)79-68-67-74(3,4)5)71(75)65-63-61-59-57-55-53-51-49-47-27-25-23-21-19-17-15-13-11-9-7-2/h36-37,70-71,75H,6-35,38-69H2,1-5H3,(H-,73,76,77,78)/b37-36-. The summed E-state index contributed by atoms with van der Waals surface area (Å²) >= 11 is 0. The molecular weight excluding hydrogens is 1020 g/mol. The maximum atomic E-state index is 13.1. The zero-order valence-corrected chi connectivity index (χ0v) is 56.4. The van der Waals surface area contributed by atoms with Gasteiger partial charge in [0.15, 0.2) is 0 Å². The van der Waals surface area contributed by atoms with Gasteiger partial charge in [0.1, 0.15) is 13.2 Å². The van der Waals surface area contributed by atoms with Crippen molar-refractivity contribution >= 4 is 13.7 Å². The fraction of sp³-hybridized carbons (Fsp3) is 0.958. The molecule has 0 rings (SSSR count). The third kappa shape index (κ3) is 66.6. The van der Waals surface area contributed by atoms with Crippen LogP contribution in [-0.2, 0) is 18.4 Å². The minimum Gasteiger partial charge on any atom is -0.756 e. The van der Waals surface area contributed by atoms with E-state index in [9.17, 15) is 19.4 Å². The summed E-state index contributed by atoms with van der Waals surface area (Å²) in [5.41, 5.74) is 0. The zero-order valence-electron chi connectivity index (χ0n) is 55.5. The molecule has 81 heavy (non-hydrogen) atoms. The molecule has 0 spiro atoms. The summed E-state index contributed by atoms with van der Waals surface area (Å²) in [6.07, 6.45) is 81.7. The van der Waals surface area contributed by atoms with Gasteiger partial charge in [0.2, 0.25) is 5.91 Å². The molecule has 2 N–H and O–H groups in total. The predicted octanol–water partition coefficient (Wildman–Crippen LogP) is 22.7. The Bertz CT molecular complexity index is 1320. The first-order valence-corrected chi connectivity index (χ1v) is 38.0. The van der Waals surface area contributed by atoms with Gasteiger partial charge in [-0.3, -0.25) is 9.36 Å². The van der Waals surface area contributed by atoms with Crippen molar-refractivity contribution in [3.05, 3.63) is 12.2 Å². The lowest BCUT2D eigenvalue weighted by Crippen LogP contribution is -2.46. The van der Waals surface area contributed by atoms with Crippen LogP contribution in [0.5, 0.6) is 0 Å². The Morgan fingerprint density at radius 3 is 0.963 bits per heavy atom. The molecule has 1 amide bonds. The molecule has 0 radical (unpaired) electrons. The molecule has 0 aromatic carbocycles. The maximum absolute atomic E-state index is 13.1. The average molecular weight is 1170 g/mol. The smallest absolute Gasteiger partial charge is 0.268 e. The van der Waals surface area contributed by atoms with Crippen LogP contribution in [0.25, 0.3) is 0 Å². The van der Waals surface area contributed by atoms with Gasteiger partial charge in [0.25, 0.3) is 7.82 Å². The second kappa shape index (κ2) is 63.7. The van der Waals surface area contributed by atoms with Crippen molar-refractivity contribution in [2.45, 2.75) is 405 Å². The highest BCUT2D eigenvalue weighted by atomic mass is 31.2. The molecule has 0 aliphatic carbocycles. The molecule has 0 aliphatic rings. The number of hydrogen-bond donors (Lipinski definition) is 2.